The Kier molecular flexibility index (Phi) is 4.61. The highest BCUT2D eigenvalue weighted by atomic mass is 15.2. The van der Waals surface area contributed by atoms with Crippen LogP contribution in [0, 0.1) is 6.92 Å². The number of benzene rings is 1. The molecule has 2 rings (SSSR count). The highest BCUT2D eigenvalue weighted by Crippen LogP contribution is 2.14. The minimum Gasteiger partial charge on any atom is -0.373 e. The van der Waals surface area contributed by atoms with Crippen molar-refractivity contribution in [3.8, 4) is 0 Å². The van der Waals surface area contributed by atoms with Gasteiger partial charge in [-0.05, 0) is 50.6 Å². The Morgan fingerprint density at radius 3 is 2.72 bits per heavy atom. The molecule has 0 atom stereocenters. The fourth-order valence-corrected chi connectivity index (χ4v) is 2.46. The van der Waals surface area contributed by atoms with Gasteiger partial charge in [-0.2, -0.15) is 0 Å². The third kappa shape index (κ3) is 3.72. The van der Waals surface area contributed by atoms with Gasteiger partial charge in [0, 0.05) is 31.9 Å². The predicted octanol–water partition coefficient (Wildman–Crippen LogP) is 1.85. The lowest BCUT2D eigenvalue weighted by Crippen LogP contribution is -2.42. The maximum absolute atomic E-state index is 5.92. The SMILES string of the molecule is Cc1cccc(N(C)CCN2CCC(N)CC2)c1. The Hall–Kier alpha value is -1.06. The molecule has 1 aromatic carbocycles. The summed E-state index contributed by atoms with van der Waals surface area (Å²) in [7, 11) is 2.17. The van der Waals surface area contributed by atoms with E-state index in [0.717, 1.165) is 39.0 Å². The summed E-state index contributed by atoms with van der Waals surface area (Å²) in [4.78, 5) is 4.86. The van der Waals surface area contributed by atoms with E-state index in [0.29, 0.717) is 6.04 Å². The maximum atomic E-state index is 5.92. The van der Waals surface area contributed by atoms with E-state index in [9.17, 15) is 0 Å². The Balaban J connectivity index is 1.79. The van der Waals surface area contributed by atoms with Gasteiger partial charge < -0.3 is 15.5 Å². The molecule has 100 valence electrons. The summed E-state index contributed by atoms with van der Waals surface area (Å²) >= 11 is 0. The zero-order valence-electron chi connectivity index (χ0n) is 11.6. The van der Waals surface area contributed by atoms with E-state index in [1.54, 1.807) is 0 Å². The second-order valence-electron chi connectivity index (χ2n) is 5.44. The van der Waals surface area contributed by atoms with Gasteiger partial charge in [0.15, 0.2) is 0 Å². The zero-order chi connectivity index (χ0) is 13.0. The summed E-state index contributed by atoms with van der Waals surface area (Å²) in [6, 6.07) is 9.12. The molecule has 3 nitrogen and oxygen atoms in total. The van der Waals surface area contributed by atoms with Gasteiger partial charge in [-0.15, -0.1) is 0 Å². The fourth-order valence-electron chi connectivity index (χ4n) is 2.46. The molecule has 0 radical (unpaired) electrons. The minimum absolute atomic E-state index is 0.427. The summed E-state index contributed by atoms with van der Waals surface area (Å²) in [6.45, 7) is 6.67. The fraction of sp³-hybridized carbons (Fsp3) is 0.600. The van der Waals surface area contributed by atoms with Gasteiger partial charge in [-0.25, -0.2) is 0 Å². The first-order valence-electron chi connectivity index (χ1n) is 6.91. The first kappa shape index (κ1) is 13.4. The number of hydrogen-bond acceptors (Lipinski definition) is 3. The van der Waals surface area contributed by atoms with Gasteiger partial charge in [0.05, 0.1) is 0 Å². The van der Waals surface area contributed by atoms with Crippen molar-refractivity contribution in [2.24, 2.45) is 5.73 Å². The van der Waals surface area contributed by atoms with Crippen LogP contribution in [0.25, 0.3) is 0 Å². The Morgan fingerprint density at radius 2 is 2.06 bits per heavy atom. The lowest BCUT2D eigenvalue weighted by molar-refractivity contribution is 0.218. The molecule has 1 aliphatic heterocycles. The third-order valence-electron chi connectivity index (χ3n) is 3.83. The van der Waals surface area contributed by atoms with Crippen LogP contribution in [0.3, 0.4) is 0 Å². The van der Waals surface area contributed by atoms with E-state index in [4.69, 9.17) is 5.73 Å². The van der Waals surface area contributed by atoms with Crippen molar-refractivity contribution in [3.05, 3.63) is 29.8 Å². The average molecular weight is 247 g/mol. The molecule has 2 N–H and O–H groups in total. The highest BCUT2D eigenvalue weighted by molar-refractivity contribution is 5.47. The Bertz CT molecular complexity index is 370. The molecule has 1 aromatic rings. The summed E-state index contributed by atoms with van der Waals surface area (Å²) in [5.74, 6) is 0. The summed E-state index contributed by atoms with van der Waals surface area (Å²) < 4.78 is 0. The van der Waals surface area contributed by atoms with Gasteiger partial charge in [-0.1, -0.05) is 12.1 Å². The molecule has 0 spiro atoms. The van der Waals surface area contributed by atoms with E-state index in [2.05, 4.69) is 48.0 Å². The van der Waals surface area contributed by atoms with Crippen molar-refractivity contribution >= 4 is 5.69 Å². The number of likely N-dealkylation sites (tertiary alicyclic amines) is 1. The van der Waals surface area contributed by atoms with Crippen LogP contribution in [0.2, 0.25) is 0 Å². The monoisotopic (exact) mass is 247 g/mol. The molecule has 1 heterocycles. The molecule has 0 aliphatic carbocycles. The van der Waals surface area contributed by atoms with Gasteiger partial charge in [0.2, 0.25) is 0 Å². The van der Waals surface area contributed by atoms with Crippen LogP contribution in [0.15, 0.2) is 24.3 Å². The topological polar surface area (TPSA) is 32.5 Å². The molecule has 0 aromatic heterocycles. The quantitative estimate of drug-likeness (QED) is 0.881. The summed E-state index contributed by atoms with van der Waals surface area (Å²) in [5, 5.41) is 0. The largest absolute Gasteiger partial charge is 0.373 e. The first-order chi connectivity index (χ1) is 8.65. The molecule has 18 heavy (non-hydrogen) atoms. The van der Waals surface area contributed by atoms with Crippen molar-refractivity contribution in [3.63, 3.8) is 0 Å². The van der Waals surface area contributed by atoms with Crippen LogP contribution in [0.4, 0.5) is 5.69 Å². The number of anilines is 1. The standard InChI is InChI=1S/C15H25N3/c1-13-4-3-5-15(12-13)17(2)10-11-18-8-6-14(16)7-9-18/h3-5,12,14H,6-11,16H2,1-2H3. The molecule has 0 amide bonds. The maximum Gasteiger partial charge on any atom is 0.0366 e. The second kappa shape index (κ2) is 6.21. The number of nitrogens with zero attached hydrogens (tertiary/aromatic N) is 2. The van der Waals surface area contributed by atoms with Crippen molar-refractivity contribution < 1.29 is 0 Å². The van der Waals surface area contributed by atoms with Crippen LogP contribution in [0.1, 0.15) is 18.4 Å². The van der Waals surface area contributed by atoms with Gasteiger partial charge in [0.1, 0.15) is 0 Å². The zero-order valence-corrected chi connectivity index (χ0v) is 11.6. The number of piperidine rings is 1. The second-order valence-corrected chi connectivity index (χ2v) is 5.44. The van der Waals surface area contributed by atoms with Crippen LogP contribution >= 0.6 is 0 Å². The lowest BCUT2D eigenvalue weighted by Gasteiger charge is -2.31. The number of hydrogen-bond donors (Lipinski definition) is 1. The van der Waals surface area contributed by atoms with Crippen molar-refractivity contribution in [2.45, 2.75) is 25.8 Å². The van der Waals surface area contributed by atoms with Crippen LogP contribution in [-0.4, -0.2) is 44.2 Å². The van der Waals surface area contributed by atoms with E-state index < -0.39 is 0 Å². The normalized spacial score (nSPS) is 17.9. The minimum atomic E-state index is 0.427. The van der Waals surface area contributed by atoms with Crippen LogP contribution in [0.5, 0.6) is 0 Å². The molecule has 1 fully saturated rings. The van der Waals surface area contributed by atoms with Crippen molar-refractivity contribution in [1.29, 1.82) is 0 Å². The Morgan fingerprint density at radius 1 is 1.33 bits per heavy atom. The molecular weight excluding hydrogens is 222 g/mol. The Labute approximate surface area is 111 Å². The van der Waals surface area contributed by atoms with E-state index >= 15 is 0 Å². The molecular formula is C15H25N3. The van der Waals surface area contributed by atoms with Crippen molar-refractivity contribution in [2.75, 3.05) is 38.1 Å². The highest BCUT2D eigenvalue weighted by Gasteiger charge is 2.15. The molecule has 0 unspecified atom stereocenters. The summed E-state index contributed by atoms with van der Waals surface area (Å²) in [5.41, 5.74) is 8.56. The van der Waals surface area contributed by atoms with Crippen LogP contribution in [-0.2, 0) is 0 Å². The molecule has 0 bridgehead atoms. The van der Waals surface area contributed by atoms with E-state index in [1.165, 1.54) is 11.3 Å². The van der Waals surface area contributed by atoms with Crippen molar-refractivity contribution in [1.82, 2.24) is 4.90 Å². The van der Waals surface area contributed by atoms with E-state index in [1.807, 2.05) is 0 Å². The molecule has 1 aliphatic rings. The summed E-state index contributed by atoms with van der Waals surface area (Å²) in [6.07, 6.45) is 2.29. The number of nitrogens with two attached hydrogens (primary N) is 1. The smallest absolute Gasteiger partial charge is 0.0366 e. The molecule has 3 heteroatoms. The number of rotatable bonds is 4. The predicted molar refractivity (Wildman–Crippen MR) is 78.1 cm³/mol. The number of aryl methyl sites for hydroxylation is 1. The molecule has 0 saturated carbocycles. The average Bonchev–Trinajstić information content (AvgIpc) is 2.38. The van der Waals surface area contributed by atoms with Gasteiger partial charge >= 0.3 is 0 Å². The lowest BCUT2D eigenvalue weighted by atomic mass is 10.1. The third-order valence-corrected chi connectivity index (χ3v) is 3.83. The molecule has 1 saturated heterocycles. The first-order valence-corrected chi connectivity index (χ1v) is 6.91. The number of likely N-dealkylation sites (N-methyl/N-ethyl adjacent to an activating group) is 1. The van der Waals surface area contributed by atoms with Gasteiger partial charge in [-0.3, -0.25) is 0 Å². The van der Waals surface area contributed by atoms with E-state index in [-0.39, 0.29) is 0 Å². The van der Waals surface area contributed by atoms with Crippen LogP contribution < -0.4 is 10.6 Å². The van der Waals surface area contributed by atoms with Gasteiger partial charge in [0.25, 0.3) is 0 Å².